The van der Waals surface area contributed by atoms with Gasteiger partial charge in [-0.05, 0) is 13.3 Å². The number of anilines is 1. The Morgan fingerprint density at radius 2 is 2.17 bits per heavy atom. The highest BCUT2D eigenvalue weighted by molar-refractivity contribution is 5.56. The standard InChI is InChI=1S/C12H18N2O4/c1-4-12(2,15)8-13-9-5-10(14(16)17)7-11(6-9)18-3/h5-7,13,15H,4,8H2,1-3H3. The molecular formula is C12H18N2O4. The third-order valence-electron chi connectivity index (χ3n) is 2.77. The van der Waals surface area contributed by atoms with E-state index in [2.05, 4.69) is 5.32 Å². The van der Waals surface area contributed by atoms with Crippen LogP contribution in [0.2, 0.25) is 0 Å². The Morgan fingerprint density at radius 1 is 1.50 bits per heavy atom. The molecule has 0 radical (unpaired) electrons. The lowest BCUT2D eigenvalue weighted by Gasteiger charge is -2.22. The number of rotatable bonds is 6. The molecule has 0 aliphatic heterocycles. The summed E-state index contributed by atoms with van der Waals surface area (Å²) >= 11 is 0. The quantitative estimate of drug-likeness (QED) is 0.600. The molecule has 0 saturated carbocycles. The average molecular weight is 254 g/mol. The average Bonchev–Trinajstić information content (AvgIpc) is 2.36. The van der Waals surface area contributed by atoms with Crippen LogP contribution in [0.15, 0.2) is 18.2 Å². The lowest BCUT2D eigenvalue weighted by molar-refractivity contribution is -0.384. The monoisotopic (exact) mass is 254 g/mol. The Morgan fingerprint density at radius 3 is 2.67 bits per heavy atom. The largest absolute Gasteiger partial charge is 0.496 e. The van der Waals surface area contributed by atoms with Gasteiger partial charge in [0.1, 0.15) is 5.75 Å². The molecule has 0 aromatic heterocycles. The number of ether oxygens (including phenoxy) is 1. The number of nitrogens with one attached hydrogen (secondary N) is 1. The molecule has 1 atom stereocenters. The van der Waals surface area contributed by atoms with E-state index in [9.17, 15) is 15.2 Å². The van der Waals surface area contributed by atoms with Crippen molar-refractivity contribution in [1.82, 2.24) is 0 Å². The molecule has 0 spiro atoms. The number of nitrogens with zero attached hydrogens (tertiary/aromatic N) is 1. The lowest BCUT2D eigenvalue weighted by Crippen LogP contribution is -2.32. The van der Waals surface area contributed by atoms with Gasteiger partial charge in [0.15, 0.2) is 0 Å². The van der Waals surface area contributed by atoms with Gasteiger partial charge in [-0.3, -0.25) is 10.1 Å². The fraction of sp³-hybridized carbons (Fsp3) is 0.500. The molecule has 2 N–H and O–H groups in total. The van der Waals surface area contributed by atoms with Crippen LogP contribution in [0.1, 0.15) is 20.3 Å². The number of methoxy groups -OCH3 is 1. The number of hydrogen-bond donors (Lipinski definition) is 2. The maximum Gasteiger partial charge on any atom is 0.275 e. The van der Waals surface area contributed by atoms with Gasteiger partial charge < -0.3 is 15.2 Å². The highest BCUT2D eigenvalue weighted by Crippen LogP contribution is 2.26. The molecule has 1 unspecified atom stereocenters. The summed E-state index contributed by atoms with van der Waals surface area (Å²) in [4.78, 5) is 10.3. The Hall–Kier alpha value is -1.82. The molecule has 6 heteroatoms. The van der Waals surface area contributed by atoms with E-state index < -0.39 is 10.5 Å². The van der Waals surface area contributed by atoms with E-state index in [1.54, 1.807) is 13.0 Å². The highest BCUT2D eigenvalue weighted by atomic mass is 16.6. The van der Waals surface area contributed by atoms with Gasteiger partial charge in [-0.1, -0.05) is 6.92 Å². The summed E-state index contributed by atoms with van der Waals surface area (Å²) in [5.74, 6) is 0.405. The third kappa shape index (κ3) is 3.89. The van der Waals surface area contributed by atoms with Crippen LogP contribution in [0, 0.1) is 10.1 Å². The lowest BCUT2D eigenvalue weighted by atomic mass is 10.0. The number of nitro groups is 1. The number of nitro benzene ring substituents is 1. The molecule has 0 bridgehead atoms. The summed E-state index contributed by atoms with van der Waals surface area (Å²) in [7, 11) is 1.45. The minimum Gasteiger partial charge on any atom is -0.496 e. The first kappa shape index (κ1) is 14.2. The van der Waals surface area contributed by atoms with Crippen molar-refractivity contribution in [3.63, 3.8) is 0 Å². The van der Waals surface area contributed by atoms with E-state index in [1.807, 2.05) is 6.92 Å². The van der Waals surface area contributed by atoms with Crippen LogP contribution in [0.3, 0.4) is 0 Å². The molecule has 1 aromatic rings. The number of aliphatic hydroxyl groups is 1. The molecule has 1 rings (SSSR count). The first-order valence-corrected chi connectivity index (χ1v) is 5.67. The maximum atomic E-state index is 10.8. The number of non-ortho nitro benzene ring substituents is 1. The summed E-state index contributed by atoms with van der Waals surface area (Å²) in [6, 6.07) is 4.41. The Kier molecular flexibility index (Phi) is 4.49. The van der Waals surface area contributed by atoms with Gasteiger partial charge in [-0.15, -0.1) is 0 Å². The van der Waals surface area contributed by atoms with E-state index in [0.29, 0.717) is 24.4 Å². The smallest absolute Gasteiger partial charge is 0.275 e. The van der Waals surface area contributed by atoms with Crippen LogP contribution in [-0.4, -0.2) is 29.3 Å². The zero-order chi connectivity index (χ0) is 13.8. The zero-order valence-electron chi connectivity index (χ0n) is 10.8. The molecule has 0 saturated heterocycles. The van der Waals surface area contributed by atoms with Crippen LogP contribution in [0.4, 0.5) is 11.4 Å². The fourth-order valence-electron chi connectivity index (χ4n) is 1.33. The maximum absolute atomic E-state index is 10.8. The molecule has 18 heavy (non-hydrogen) atoms. The Balaban J connectivity index is 2.88. The first-order valence-electron chi connectivity index (χ1n) is 5.67. The first-order chi connectivity index (χ1) is 8.38. The second-order valence-corrected chi connectivity index (χ2v) is 4.38. The van der Waals surface area contributed by atoms with Gasteiger partial charge in [0.05, 0.1) is 23.7 Å². The van der Waals surface area contributed by atoms with Crippen molar-refractivity contribution in [2.45, 2.75) is 25.9 Å². The Labute approximate surface area is 106 Å². The van der Waals surface area contributed by atoms with E-state index in [-0.39, 0.29) is 5.69 Å². The van der Waals surface area contributed by atoms with Crippen molar-refractivity contribution in [3.8, 4) is 5.75 Å². The van der Waals surface area contributed by atoms with Crippen molar-refractivity contribution < 1.29 is 14.8 Å². The highest BCUT2D eigenvalue weighted by Gasteiger charge is 2.18. The van der Waals surface area contributed by atoms with Crippen molar-refractivity contribution in [2.24, 2.45) is 0 Å². The van der Waals surface area contributed by atoms with Gasteiger partial charge in [0.25, 0.3) is 5.69 Å². The molecular weight excluding hydrogens is 236 g/mol. The van der Waals surface area contributed by atoms with Gasteiger partial charge >= 0.3 is 0 Å². The van der Waals surface area contributed by atoms with E-state index in [1.165, 1.54) is 19.2 Å². The molecule has 0 fully saturated rings. The van der Waals surface area contributed by atoms with Gasteiger partial charge in [-0.25, -0.2) is 0 Å². The molecule has 1 aromatic carbocycles. The van der Waals surface area contributed by atoms with E-state index in [4.69, 9.17) is 4.74 Å². The van der Waals surface area contributed by atoms with Crippen molar-refractivity contribution in [3.05, 3.63) is 28.3 Å². The van der Waals surface area contributed by atoms with Gasteiger partial charge in [0.2, 0.25) is 0 Å². The van der Waals surface area contributed by atoms with Crippen LogP contribution >= 0.6 is 0 Å². The molecule has 0 heterocycles. The van der Waals surface area contributed by atoms with Gasteiger partial charge in [-0.2, -0.15) is 0 Å². The number of benzene rings is 1. The van der Waals surface area contributed by atoms with Crippen LogP contribution in [0.5, 0.6) is 5.75 Å². The van der Waals surface area contributed by atoms with E-state index in [0.717, 1.165) is 0 Å². The topological polar surface area (TPSA) is 84.6 Å². The summed E-state index contributed by atoms with van der Waals surface area (Å²) in [6.07, 6.45) is 0.589. The zero-order valence-corrected chi connectivity index (χ0v) is 10.8. The van der Waals surface area contributed by atoms with Crippen molar-refractivity contribution >= 4 is 11.4 Å². The predicted molar refractivity (Wildman–Crippen MR) is 69.1 cm³/mol. The van der Waals surface area contributed by atoms with Crippen LogP contribution in [-0.2, 0) is 0 Å². The predicted octanol–water partition coefficient (Wildman–Crippen LogP) is 2.18. The van der Waals surface area contributed by atoms with Crippen molar-refractivity contribution in [2.75, 3.05) is 19.0 Å². The minimum atomic E-state index is -0.849. The molecule has 0 amide bonds. The normalized spacial score (nSPS) is 13.8. The van der Waals surface area contributed by atoms with Gasteiger partial charge in [0, 0.05) is 24.4 Å². The second kappa shape index (κ2) is 5.68. The summed E-state index contributed by atoms with van der Waals surface area (Å²) < 4.78 is 5.00. The summed E-state index contributed by atoms with van der Waals surface area (Å²) in [5, 5.41) is 23.6. The summed E-state index contributed by atoms with van der Waals surface area (Å²) in [6.45, 7) is 3.89. The minimum absolute atomic E-state index is 0.0482. The van der Waals surface area contributed by atoms with Crippen LogP contribution in [0.25, 0.3) is 0 Å². The fourth-order valence-corrected chi connectivity index (χ4v) is 1.33. The second-order valence-electron chi connectivity index (χ2n) is 4.38. The summed E-state index contributed by atoms with van der Waals surface area (Å²) in [5.41, 5.74) is -0.347. The molecule has 100 valence electrons. The van der Waals surface area contributed by atoms with Crippen LogP contribution < -0.4 is 10.1 Å². The molecule has 0 aliphatic rings. The molecule has 0 aliphatic carbocycles. The Bertz CT molecular complexity index is 432. The third-order valence-corrected chi connectivity index (χ3v) is 2.77. The van der Waals surface area contributed by atoms with Crippen molar-refractivity contribution in [1.29, 1.82) is 0 Å². The van der Waals surface area contributed by atoms with E-state index >= 15 is 0 Å². The molecule has 6 nitrogen and oxygen atoms in total. The SMILES string of the molecule is CCC(C)(O)CNc1cc(OC)cc([N+](=O)[O-])c1. The number of hydrogen-bond acceptors (Lipinski definition) is 5.